The van der Waals surface area contributed by atoms with Gasteiger partial charge in [0.15, 0.2) is 0 Å². The number of hydrogen-bond acceptors (Lipinski definition) is 4. The molecule has 0 aliphatic carbocycles. The number of rotatable bonds is 5. The standard InChI is InChI=1S/C19H17FN4O2/c1-12(22-17(25)9-13-4-6-15(20)7-5-13)16-10-18(26)24-19(23-16)14-3-2-8-21-11-14/h2-8,10-12H,9H2,1H3,(H,22,25)(H,23,24,26)/t12-/m1/s1. The fraction of sp³-hybridized carbons (Fsp3) is 0.158. The predicted molar refractivity (Wildman–Crippen MR) is 94.8 cm³/mol. The number of pyridine rings is 1. The molecule has 3 rings (SSSR count). The molecule has 1 aromatic carbocycles. The van der Waals surface area contributed by atoms with E-state index in [1.54, 1.807) is 43.6 Å². The van der Waals surface area contributed by atoms with Gasteiger partial charge in [-0.3, -0.25) is 14.6 Å². The summed E-state index contributed by atoms with van der Waals surface area (Å²) in [4.78, 5) is 35.2. The van der Waals surface area contributed by atoms with Crippen molar-refractivity contribution in [1.29, 1.82) is 0 Å². The number of H-pyrrole nitrogens is 1. The molecule has 2 aromatic heterocycles. The number of nitrogens with one attached hydrogen (secondary N) is 2. The zero-order valence-electron chi connectivity index (χ0n) is 14.1. The number of benzene rings is 1. The van der Waals surface area contributed by atoms with E-state index >= 15 is 0 Å². The Morgan fingerprint density at radius 3 is 2.73 bits per heavy atom. The highest BCUT2D eigenvalue weighted by molar-refractivity contribution is 5.78. The highest BCUT2D eigenvalue weighted by Gasteiger charge is 2.14. The van der Waals surface area contributed by atoms with Crippen LogP contribution in [0.25, 0.3) is 11.4 Å². The van der Waals surface area contributed by atoms with E-state index in [-0.39, 0.29) is 23.7 Å². The van der Waals surface area contributed by atoms with Crippen LogP contribution in [0.1, 0.15) is 24.2 Å². The molecule has 0 spiro atoms. The molecule has 26 heavy (non-hydrogen) atoms. The van der Waals surface area contributed by atoms with Crippen LogP contribution in [0.4, 0.5) is 4.39 Å². The fourth-order valence-electron chi connectivity index (χ4n) is 2.49. The number of nitrogens with zero attached hydrogens (tertiary/aromatic N) is 2. The molecule has 6 nitrogen and oxygen atoms in total. The second-order valence-electron chi connectivity index (χ2n) is 5.85. The maximum atomic E-state index is 12.9. The lowest BCUT2D eigenvalue weighted by Crippen LogP contribution is -2.29. The minimum absolute atomic E-state index is 0.114. The number of carbonyl (C=O) groups excluding carboxylic acids is 1. The molecule has 3 aromatic rings. The van der Waals surface area contributed by atoms with Crippen LogP contribution in [0.3, 0.4) is 0 Å². The highest BCUT2D eigenvalue weighted by Crippen LogP contribution is 2.15. The van der Waals surface area contributed by atoms with Crippen LogP contribution in [0.2, 0.25) is 0 Å². The number of hydrogen-bond donors (Lipinski definition) is 2. The summed E-state index contributed by atoms with van der Waals surface area (Å²) in [6.45, 7) is 1.75. The smallest absolute Gasteiger partial charge is 0.251 e. The predicted octanol–water partition coefficient (Wildman–Crippen LogP) is 2.39. The number of amides is 1. The molecule has 0 fully saturated rings. The first kappa shape index (κ1) is 17.5. The van der Waals surface area contributed by atoms with Crippen LogP contribution in [0, 0.1) is 5.82 Å². The van der Waals surface area contributed by atoms with Gasteiger partial charge in [0.25, 0.3) is 5.56 Å². The van der Waals surface area contributed by atoms with Crippen molar-refractivity contribution in [2.45, 2.75) is 19.4 Å². The Balaban J connectivity index is 1.74. The minimum atomic E-state index is -0.458. The van der Waals surface area contributed by atoms with Crippen molar-refractivity contribution in [3.05, 3.63) is 82.3 Å². The zero-order valence-corrected chi connectivity index (χ0v) is 14.1. The molecule has 0 saturated carbocycles. The van der Waals surface area contributed by atoms with Gasteiger partial charge in [-0.2, -0.15) is 0 Å². The van der Waals surface area contributed by atoms with Gasteiger partial charge in [-0.05, 0) is 36.8 Å². The molecule has 2 heterocycles. The lowest BCUT2D eigenvalue weighted by molar-refractivity contribution is -0.121. The average Bonchev–Trinajstić information content (AvgIpc) is 2.64. The number of halogens is 1. The quantitative estimate of drug-likeness (QED) is 0.738. The van der Waals surface area contributed by atoms with Gasteiger partial charge in [-0.15, -0.1) is 0 Å². The zero-order chi connectivity index (χ0) is 18.5. The Morgan fingerprint density at radius 2 is 2.04 bits per heavy atom. The molecule has 0 saturated heterocycles. The van der Waals surface area contributed by atoms with Gasteiger partial charge in [0.1, 0.15) is 11.6 Å². The van der Waals surface area contributed by atoms with Crippen LogP contribution in [-0.2, 0) is 11.2 Å². The maximum absolute atomic E-state index is 12.9. The molecule has 1 atom stereocenters. The van der Waals surface area contributed by atoms with E-state index in [0.717, 1.165) is 0 Å². The Kier molecular flexibility index (Phi) is 5.17. The van der Waals surface area contributed by atoms with Crippen molar-refractivity contribution in [1.82, 2.24) is 20.3 Å². The molecular formula is C19H17FN4O2. The third kappa shape index (κ3) is 4.38. The Bertz CT molecular complexity index is 955. The van der Waals surface area contributed by atoms with Crippen LogP contribution in [0.15, 0.2) is 59.7 Å². The topological polar surface area (TPSA) is 87.7 Å². The Hall–Kier alpha value is -3.35. The molecule has 132 valence electrons. The Labute approximate surface area is 149 Å². The highest BCUT2D eigenvalue weighted by atomic mass is 19.1. The lowest BCUT2D eigenvalue weighted by Gasteiger charge is -2.14. The number of aromatic nitrogens is 3. The first-order valence-electron chi connectivity index (χ1n) is 8.07. The van der Waals surface area contributed by atoms with Gasteiger partial charge in [0.05, 0.1) is 18.2 Å². The van der Waals surface area contributed by atoms with E-state index in [1.165, 1.54) is 18.2 Å². The van der Waals surface area contributed by atoms with Gasteiger partial charge in [0.2, 0.25) is 5.91 Å². The summed E-state index contributed by atoms with van der Waals surface area (Å²) in [6.07, 6.45) is 3.34. The van der Waals surface area contributed by atoms with Gasteiger partial charge in [-0.1, -0.05) is 12.1 Å². The summed E-state index contributed by atoms with van der Waals surface area (Å²) < 4.78 is 12.9. The second kappa shape index (κ2) is 7.69. The van der Waals surface area contributed by atoms with E-state index in [0.29, 0.717) is 22.6 Å². The van der Waals surface area contributed by atoms with Gasteiger partial charge in [0, 0.05) is 24.0 Å². The van der Waals surface area contributed by atoms with Crippen molar-refractivity contribution >= 4 is 5.91 Å². The van der Waals surface area contributed by atoms with Gasteiger partial charge >= 0.3 is 0 Å². The summed E-state index contributed by atoms with van der Waals surface area (Å²) in [5, 5.41) is 2.80. The third-order valence-electron chi connectivity index (χ3n) is 3.80. The second-order valence-corrected chi connectivity index (χ2v) is 5.85. The summed E-state index contributed by atoms with van der Waals surface area (Å²) in [7, 11) is 0. The SMILES string of the molecule is C[C@@H](NC(=O)Cc1ccc(F)cc1)c1cc(=O)[nH]c(-c2cccnc2)n1. The van der Waals surface area contributed by atoms with Crippen molar-refractivity contribution in [2.24, 2.45) is 0 Å². The third-order valence-corrected chi connectivity index (χ3v) is 3.80. The molecule has 0 aliphatic heterocycles. The van der Waals surface area contributed by atoms with Crippen LogP contribution in [0.5, 0.6) is 0 Å². The molecule has 0 unspecified atom stereocenters. The maximum Gasteiger partial charge on any atom is 0.251 e. The first-order valence-corrected chi connectivity index (χ1v) is 8.07. The summed E-state index contributed by atoms with van der Waals surface area (Å²) in [5.74, 6) is -0.201. The summed E-state index contributed by atoms with van der Waals surface area (Å²) >= 11 is 0. The van der Waals surface area contributed by atoms with Crippen LogP contribution >= 0.6 is 0 Å². The number of aromatic amines is 1. The summed E-state index contributed by atoms with van der Waals surface area (Å²) in [5.41, 5.74) is 1.51. The normalized spacial score (nSPS) is 11.8. The minimum Gasteiger partial charge on any atom is -0.348 e. The van der Waals surface area contributed by atoms with E-state index in [2.05, 4.69) is 20.3 Å². The van der Waals surface area contributed by atoms with E-state index in [1.807, 2.05) is 0 Å². The molecule has 1 amide bonds. The largest absolute Gasteiger partial charge is 0.348 e. The van der Waals surface area contributed by atoms with Gasteiger partial charge < -0.3 is 10.3 Å². The van der Waals surface area contributed by atoms with E-state index < -0.39 is 6.04 Å². The fourth-order valence-corrected chi connectivity index (χ4v) is 2.49. The van der Waals surface area contributed by atoms with E-state index in [4.69, 9.17) is 0 Å². The molecule has 2 N–H and O–H groups in total. The Morgan fingerprint density at radius 1 is 1.27 bits per heavy atom. The average molecular weight is 352 g/mol. The molecule has 0 bridgehead atoms. The van der Waals surface area contributed by atoms with Crippen molar-refractivity contribution in [3.8, 4) is 11.4 Å². The van der Waals surface area contributed by atoms with Crippen molar-refractivity contribution < 1.29 is 9.18 Å². The monoisotopic (exact) mass is 352 g/mol. The van der Waals surface area contributed by atoms with Crippen molar-refractivity contribution in [3.63, 3.8) is 0 Å². The van der Waals surface area contributed by atoms with Crippen LogP contribution in [-0.4, -0.2) is 20.9 Å². The van der Waals surface area contributed by atoms with E-state index in [9.17, 15) is 14.0 Å². The van der Waals surface area contributed by atoms with Gasteiger partial charge in [-0.25, -0.2) is 9.37 Å². The lowest BCUT2D eigenvalue weighted by atomic mass is 10.1. The molecular weight excluding hydrogens is 335 g/mol. The molecule has 0 aliphatic rings. The van der Waals surface area contributed by atoms with Crippen molar-refractivity contribution in [2.75, 3.05) is 0 Å². The summed E-state index contributed by atoms with van der Waals surface area (Å²) in [6, 6.07) is 10.2. The molecule has 7 heteroatoms. The molecule has 0 radical (unpaired) electrons. The number of carbonyl (C=O) groups is 1. The first-order chi connectivity index (χ1) is 12.5. The van der Waals surface area contributed by atoms with Crippen LogP contribution < -0.4 is 10.9 Å².